The van der Waals surface area contributed by atoms with E-state index < -0.39 is 0 Å². The summed E-state index contributed by atoms with van der Waals surface area (Å²) in [5, 5.41) is 15.2. The van der Waals surface area contributed by atoms with Gasteiger partial charge in [-0.05, 0) is 25.0 Å². The minimum Gasteiger partial charge on any atom is -0.366 e. The molecule has 2 aromatic rings. The number of nitrogens with zero attached hydrogens (tertiary/aromatic N) is 3. The molecule has 5 nitrogen and oxygen atoms in total. The Morgan fingerprint density at radius 1 is 1.10 bits per heavy atom. The van der Waals surface area contributed by atoms with Gasteiger partial charge in [-0.25, -0.2) is 0 Å². The molecule has 0 bridgehead atoms. The van der Waals surface area contributed by atoms with Gasteiger partial charge in [-0.15, -0.1) is 5.10 Å². The first-order valence-electron chi connectivity index (χ1n) is 7.29. The Labute approximate surface area is 129 Å². The van der Waals surface area contributed by atoms with Crippen molar-refractivity contribution in [3.05, 3.63) is 35.5 Å². The van der Waals surface area contributed by atoms with Gasteiger partial charge in [0.05, 0.1) is 16.9 Å². The van der Waals surface area contributed by atoms with Gasteiger partial charge in [-0.3, -0.25) is 0 Å². The fraction of sp³-hybridized carbons (Fsp3) is 0.400. The molecule has 110 valence electrons. The van der Waals surface area contributed by atoms with Crippen molar-refractivity contribution in [2.24, 2.45) is 0 Å². The predicted octanol–water partition coefficient (Wildman–Crippen LogP) is 4.01. The molecule has 0 spiro atoms. The summed E-state index contributed by atoms with van der Waals surface area (Å²) in [5.41, 5.74) is 0.774. The molecule has 21 heavy (non-hydrogen) atoms. The maximum atomic E-state index is 6.12. The van der Waals surface area contributed by atoms with E-state index in [9.17, 15) is 0 Å². The van der Waals surface area contributed by atoms with Crippen molar-refractivity contribution in [2.75, 3.05) is 10.6 Å². The SMILES string of the molecule is Clc1ccccc1Nc1nncc(NC2CCCCC2)n1. The van der Waals surface area contributed by atoms with E-state index in [1.165, 1.54) is 32.1 Å². The molecule has 1 aliphatic carbocycles. The highest BCUT2D eigenvalue weighted by molar-refractivity contribution is 6.33. The summed E-state index contributed by atoms with van der Waals surface area (Å²) in [6.45, 7) is 0. The zero-order valence-corrected chi connectivity index (χ0v) is 12.5. The molecule has 0 atom stereocenters. The second-order valence-electron chi connectivity index (χ2n) is 5.25. The molecule has 0 amide bonds. The van der Waals surface area contributed by atoms with Gasteiger partial charge in [0.15, 0.2) is 5.82 Å². The molecule has 0 aliphatic heterocycles. The number of halogens is 1. The summed E-state index contributed by atoms with van der Waals surface area (Å²) < 4.78 is 0. The Hall–Kier alpha value is -1.88. The Morgan fingerprint density at radius 2 is 1.90 bits per heavy atom. The maximum Gasteiger partial charge on any atom is 0.249 e. The second-order valence-corrected chi connectivity index (χ2v) is 5.66. The molecule has 3 rings (SSSR count). The summed E-state index contributed by atoms with van der Waals surface area (Å²) in [7, 11) is 0. The number of aromatic nitrogens is 3. The highest BCUT2D eigenvalue weighted by atomic mass is 35.5. The third-order valence-corrected chi connectivity index (χ3v) is 3.97. The molecule has 0 radical (unpaired) electrons. The van der Waals surface area contributed by atoms with E-state index in [0.29, 0.717) is 17.0 Å². The highest BCUT2D eigenvalue weighted by Gasteiger charge is 2.14. The van der Waals surface area contributed by atoms with Crippen molar-refractivity contribution in [2.45, 2.75) is 38.1 Å². The van der Waals surface area contributed by atoms with Crippen LogP contribution in [0, 0.1) is 0 Å². The first-order valence-corrected chi connectivity index (χ1v) is 7.67. The Morgan fingerprint density at radius 3 is 2.71 bits per heavy atom. The number of benzene rings is 1. The van der Waals surface area contributed by atoms with Gasteiger partial charge < -0.3 is 10.6 Å². The van der Waals surface area contributed by atoms with Gasteiger partial charge in [0.25, 0.3) is 0 Å². The monoisotopic (exact) mass is 303 g/mol. The van der Waals surface area contributed by atoms with E-state index in [0.717, 1.165) is 11.5 Å². The third kappa shape index (κ3) is 3.82. The van der Waals surface area contributed by atoms with Crippen LogP contribution in [0.15, 0.2) is 30.5 Å². The molecule has 0 saturated heterocycles. The zero-order chi connectivity index (χ0) is 14.5. The third-order valence-electron chi connectivity index (χ3n) is 3.64. The lowest BCUT2D eigenvalue weighted by molar-refractivity contribution is 0.461. The van der Waals surface area contributed by atoms with Gasteiger partial charge >= 0.3 is 0 Å². The summed E-state index contributed by atoms with van der Waals surface area (Å²) in [5.74, 6) is 1.20. The van der Waals surface area contributed by atoms with Crippen molar-refractivity contribution in [1.82, 2.24) is 15.2 Å². The fourth-order valence-corrected chi connectivity index (χ4v) is 2.75. The largest absolute Gasteiger partial charge is 0.366 e. The van der Waals surface area contributed by atoms with Crippen LogP contribution in [0.1, 0.15) is 32.1 Å². The molecule has 1 aromatic carbocycles. The number of hydrogen-bond acceptors (Lipinski definition) is 5. The molecular formula is C15H18ClN5. The summed E-state index contributed by atoms with van der Waals surface area (Å²) in [6.07, 6.45) is 7.93. The standard InChI is InChI=1S/C15H18ClN5/c16-12-8-4-5-9-13(12)19-15-20-14(10-17-21-15)18-11-6-2-1-3-7-11/h4-5,8-11H,1-3,6-7H2,(H2,18,19,20,21). The van der Waals surface area contributed by atoms with E-state index >= 15 is 0 Å². The molecule has 1 aliphatic rings. The average molecular weight is 304 g/mol. The smallest absolute Gasteiger partial charge is 0.249 e. The van der Waals surface area contributed by atoms with Crippen LogP contribution < -0.4 is 10.6 Å². The Balaban J connectivity index is 1.69. The lowest BCUT2D eigenvalue weighted by Gasteiger charge is -2.23. The van der Waals surface area contributed by atoms with Crippen molar-refractivity contribution in [3.63, 3.8) is 0 Å². The molecule has 1 heterocycles. The Bertz CT molecular complexity index is 598. The lowest BCUT2D eigenvalue weighted by atomic mass is 9.96. The summed E-state index contributed by atoms with van der Waals surface area (Å²) in [4.78, 5) is 4.45. The van der Waals surface area contributed by atoms with E-state index in [2.05, 4.69) is 25.8 Å². The highest BCUT2D eigenvalue weighted by Crippen LogP contribution is 2.24. The topological polar surface area (TPSA) is 62.7 Å². The van der Waals surface area contributed by atoms with E-state index in [4.69, 9.17) is 11.6 Å². The van der Waals surface area contributed by atoms with Crippen LogP contribution in [0.5, 0.6) is 0 Å². The van der Waals surface area contributed by atoms with E-state index in [1.807, 2.05) is 24.3 Å². The summed E-state index contributed by atoms with van der Waals surface area (Å²) >= 11 is 6.12. The van der Waals surface area contributed by atoms with Crippen molar-refractivity contribution < 1.29 is 0 Å². The molecule has 6 heteroatoms. The lowest BCUT2D eigenvalue weighted by Crippen LogP contribution is -2.23. The molecular weight excluding hydrogens is 286 g/mol. The van der Waals surface area contributed by atoms with Gasteiger partial charge in [-0.2, -0.15) is 10.1 Å². The second kappa shape index (κ2) is 6.72. The Kier molecular flexibility index (Phi) is 4.50. The minimum atomic E-state index is 0.448. The van der Waals surface area contributed by atoms with Crippen LogP contribution in [-0.4, -0.2) is 21.2 Å². The average Bonchev–Trinajstić information content (AvgIpc) is 2.51. The summed E-state index contributed by atoms with van der Waals surface area (Å²) in [6, 6.07) is 7.98. The van der Waals surface area contributed by atoms with Gasteiger partial charge in [-0.1, -0.05) is 43.0 Å². The number of anilines is 3. The van der Waals surface area contributed by atoms with Crippen molar-refractivity contribution >= 4 is 29.1 Å². The molecule has 2 N–H and O–H groups in total. The minimum absolute atomic E-state index is 0.448. The van der Waals surface area contributed by atoms with E-state index in [1.54, 1.807) is 6.20 Å². The van der Waals surface area contributed by atoms with Crippen LogP contribution in [0.25, 0.3) is 0 Å². The van der Waals surface area contributed by atoms with Crippen LogP contribution in [0.2, 0.25) is 5.02 Å². The first-order chi connectivity index (χ1) is 10.3. The van der Waals surface area contributed by atoms with Gasteiger partial charge in [0, 0.05) is 6.04 Å². The van der Waals surface area contributed by atoms with Crippen LogP contribution in [0.3, 0.4) is 0 Å². The molecule has 0 unspecified atom stereocenters. The number of hydrogen-bond donors (Lipinski definition) is 2. The number of nitrogens with one attached hydrogen (secondary N) is 2. The van der Waals surface area contributed by atoms with Gasteiger partial charge in [0.1, 0.15) is 0 Å². The maximum absolute atomic E-state index is 6.12. The predicted molar refractivity (Wildman–Crippen MR) is 85.1 cm³/mol. The molecule has 1 aromatic heterocycles. The number of para-hydroxylation sites is 1. The van der Waals surface area contributed by atoms with E-state index in [-0.39, 0.29) is 0 Å². The zero-order valence-electron chi connectivity index (χ0n) is 11.7. The van der Waals surface area contributed by atoms with Crippen molar-refractivity contribution in [1.29, 1.82) is 0 Å². The number of rotatable bonds is 4. The van der Waals surface area contributed by atoms with Crippen LogP contribution in [0.4, 0.5) is 17.5 Å². The molecule has 1 fully saturated rings. The van der Waals surface area contributed by atoms with Gasteiger partial charge in [0.2, 0.25) is 5.95 Å². The molecule has 1 saturated carbocycles. The first kappa shape index (κ1) is 14.1. The fourth-order valence-electron chi connectivity index (χ4n) is 2.57. The normalized spacial score (nSPS) is 15.7. The van der Waals surface area contributed by atoms with Crippen molar-refractivity contribution in [3.8, 4) is 0 Å². The van der Waals surface area contributed by atoms with Crippen LogP contribution in [-0.2, 0) is 0 Å². The van der Waals surface area contributed by atoms with Crippen LogP contribution >= 0.6 is 11.6 Å². The quantitative estimate of drug-likeness (QED) is 0.893.